The lowest BCUT2D eigenvalue weighted by Gasteiger charge is -2.29. The molecular weight excluding hydrogens is 754 g/mol. The second kappa shape index (κ2) is 17.5. The molecule has 0 radical (unpaired) electrons. The van der Waals surface area contributed by atoms with E-state index < -0.39 is 25.7 Å². The number of unbranched alkanes of at least 4 members (excludes halogenated alkanes) is 2. The number of rotatable bonds is 17. The SMILES string of the molecule is CCCc1cccc(C(=C\C=C\C2=[N+](CCCCS(=O)(=O)O)c3ccccc3C2(C)C)/C=C/C=C2/N=C3C(=CC(Cl)=CN3CCCCS(=O)(=O)O)C2(C)C)c1. The number of para-hydroxylation sites is 1. The van der Waals surface area contributed by atoms with Gasteiger partial charge in [0.15, 0.2) is 5.71 Å². The standard InChI is InChI=1S/C43H52ClN3O6S2/c1-6-16-32-17-13-20-34(29-32)33(19-15-24-40-43(4,5)36-21-7-8-22-38(36)47(40)26-10-12-28-55(51,52)53)18-14-23-39-42(2,3)37-30-35(44)31-46(41(37)45-39)25-9-11-27-54(48,49)50/h7-8,13-15,17-24,29-31H,6,9-12,16,25-28H2,1-5H3,(H-,48,49,50,51,52,53)/p+1. The van der Waals surface area contributed by atoms with Crippen molar-refractivity contribution in [3.05, 3.63) is 130 Å². The van der Waals surface area contributed by atoms with Crippen LogP contribution < -0.4 is 0 Å². The van der Waals surface area contributed by atoms with Crippen molar-refractivity contribution < 1.29 is 30.5 Å². The Labute approximate surface area is 332 Å². The maximum absolute atomic E-state index is 11.4. The van der Waals surface area contributed by atoms with Crippen LogP contribution in [0.5, 0.6) is 0 Å². The predicted octanol–water partition coefficient (Wildman–Crippen LogP) is 9.19. The van der Waals surface area contributed by atoms with Crippen LogP contribution >= 0.6 is 11.6 Å². The maximum Gasteiger partial charge on any atom is 0.264 e. The molecule has 2 aromatic rings. The topological polar surface area (TPSA) is 127 Å². The number of hydrogen-bond acceptors (Lipinski definition) is 6. The Balaban J connectivity index is 1.47. The summed E-state index contributed by atoms with van der Waals surface area (Å²) in [5, 5.41) is 0.570. The zero-order chi connectivity index (χ0) is 40.0. The van der Waals surface area contributed by atoms with Crippen LogP contribution in [0.4, 0.5) is 5.69 Å². The third-order valence-corrected chi connectivity index (χ3v) is 12.2. The molecule has 0 atom stereocenters. The molecule has 2 N–H and O–H groups in total. The zero-order valence-electron chi connectivity index (χ0n) is 32.4. The minimum atomic E-state index is -4.02. The Morgan fingerprint density at radius 1 is 0.909 bits per heavy atom. The van der Waals surface area contributed by atoms with Gasteiger partial charge in [0.05, 0.1) is 27.7 Å². The number of halogens is 1. The van der Waals surface area contributed by atoms with Crippen LogP contribution in [-0.4, -0.2) is 71.6 Å². The largest absolute Gasteiger partial charge is 0.331 e. The second-order valence-corrected chi connectivity index (χ2v) is 18.9. The number of amidine groups is 1. The van der Waals surface area contributed by atoms with Crippen molar-refractivity contribution in [3.63, 3.8) is 0 Å². The Bertz CT molecular complexity index is 2260. The van der Waals surface area contributed by atoms with Crippen LogP contribution in [-0.2, 0) is 32.1 Å². The molecule has 5 rings (SSSR count). The highest BCUT2D eigenvalue weighted by atomic mass is 35.5. The molecule has 2 aromatic carbocycles. The van der Waals surface area contributed by atoms with Gasteiger partial charge < -0.3 is 4.90 Å². The van der Waals surface area contributed by atoms with E-state index in [0.29, 0.717) is 43.8 Å². The molecule has 0 spiro atoms. The van der Waals surface area contributed by atoms with E-state index in [1.54, 1.807) is 0 Å². The number of hydrogen-bond donors (Lipinski definition) is 2. The summed E-state index contributed by atoms with van der Waals surface area (Å²) in [6.45, 7) is 11.9. The lowest BCUT2D eigenvalue weighted by molar-refractivity contribution is -0.438. The molecule has 55 heavy (non-hydrogen) atoms. The second-order valence-electron chi connectivity index (χ2n) is 15.3. The summed E-state index contributed by atoms with van der Waals surface area (Å²) in [5.74, 6) is 0.239. The van der Waals surface area contributed by atoms with E-state index in [1.807, 2.05) is 41.5 Å². The fourth-order valence-corrected chi connectivity index (χ4v) is 8.79. The van der Waals surface area contributed by atoms with E-state index in [1.165, 1.54) is 11.1 Å². The summed E-state index contributed by atoms with van der Waals surface area (Å²) in [6.07, 6.45) is 20.1. The van der Waals surface area contributed by atoms with Gasteiger partial charge in [0, 0.05) is 47.9 Å². The molecule has 3 aliphatic rings. The van der Waals surface area contributed by atoms with E-state index in [2.05, 4.69) is 99.9 Å². The molecule has 0 aromatic heterocycles. The highest BCUT2D eigenvalue weighted by Crippen LogP contribution is 2.45. The summed E-state index contributed by atoms with van der Waals surface area (Å²) in [6, 6.07) is 16.9. The third-order valence-electron chi connectivity index (χ3n) is 10.4. The number of nitrogens with zero attached hydrogens (tertiary/aromatic N) is 3. The van der Waals surface area contributed by atoms with Gasteiger partial charge in [-0.15, -0.1) is 0 Å². The maximum atomic E-state index is 11.4. The van der Waals surface area contributed by atoms with E-state index in [0.717, 1.165) is 52.5 Å². The summed E-state index contributed by atoms with van der Waals surface area (Å²) >= 11 is 6.55. The molecule has 0 saturated heterocycles. The average molecular weight is 807 g/mol. The molecule has 0 saturated carbocycles. The number of allylic oxidation sites excluding steroid dienone is 10. The van der Waals surface area contributed by atoms with Gasteiger partial charge in [-0.25, -0.2) is 4.99 Å². The van der Waals surface area contributed by atoms with E-state index in [9.17, 15) is 21.4 Å². The fraction of sp³-hybridized carbons (Fsp3) is 0.395. The third kappa shape index (κ3) is 10.7. The normalized spacial score (nSPS) is 19.0. The molecule has 3 aliphatic heterocycles. The molecule has 0 aliphatic carbocycles. The van der Waals surface area contributed by atoms with Crippen LogP contribution in [0.25, 0.3) is 5.57 Å². The molecule has 0 unspecified atom stereocenters. The van der Waals surface area contributed by atoms with Gasteiger partial charge >= 0.3 is 0 Å². The Hall–Kier alpha value is -3.87. The first kappa shape index (κ1) is 42.3. The Kier molecular flexibility index (Phi) is 13.5. The molecule has 294 valence electrons. The minimum Gasteiger partial charge on any atom is -0.331 e. The monoisotopic (exact) mass is 806 g/mol. The first-order chi connectivity index (χ1) is 25.9. The molecule has 3 heterocycles. The van der Waals surface area contributed by atoms with Crippen LogP contribution in [0, 0.1) is 5.41 Å². The summed E-state index contributed by atoms with van der Waals surface area (Å²) in [5.41, 5.74) is 7.92. The van der Waals surface area contributed by atoms with Gasteiger partial charge in [-0.3, -0.25) is 9.11 Å². The van der Waals surface area contributed by atoms with Crippen LogP contribution in [0.2, 0.25) is 0 Å². The number of benzene rings is 2. The van der Waals surface area contributed by atoms with Crippen molar-refractivity contribution in [2.45, 2.75) is 78.6 Å². The Morgan fingerprint density at radius 2 is 1.62 bits per heavy atom. The van der Waals surface area contributed by atoms with Gasteiger partial charge in [0.25, 0.3) is 20.2 Å². The summed E-state index contributed by atoms with van der Waals surface area (Å²) in [4.78, 5) is 7.00. The van der Waals surface area contributed by atoms with Crippen molar-refractivity contribution in [2.24, 2.45) is 10.4 Å². The molecule has 0 fully saturated rings. The number of fused-ring (bicyclic) bond motifs is 2. The Morgan fingerprint density at radius 3 is 2.33 bits per heavy atom. The molecule has 0 amide bonds. The van der Waals surface area contributed by atoms with Crippen molar-refractivity contribution in [1.29, 1.82) is 0 Å². The first-order valence-electron chi connectivity index (χ1n) is 18.9. The highest BCUT2D eigenvalue weighted by Gasteiger charge is 2.44. The number of aliphatic imine (C=N–C) groups is 1. The number of aryl methyl sites for hydroxylation is 1. The average Bonchev–Trinajstić information content (AvgIpc) is 3.48. The summed E-state index contributed by atoms with van der Waals surface area (Å²) < 4.78 is 65.9. The van der Waals surface area contributed by atoms with Crippen LogP contribution in [0.1, 0.15) is 83.4 Å². The van der Waals surface area contributed by atoms with Crippen molar-refractivity contribution in [1.82, 2.24) is 4.90 Å². The lowest BCUT2D eigenvalue weighted by Crippen LogP contribution is -2.32. The minimum absolute atomic E-state index is 0.257. The molecular formula is C43H53ClN3O6S2+. The van der Waals surface area contributed by atoms with E-state index in [-0.39, 0.29) is 16.9 Å². The van der Waals surface area contributed by atoms with Crippen molar-refractivity contribution in [2.75, 3.05) is 24.6 Å². The van der Waals surface area contributed by atoms with Crippen LogP contribution in [0.3, 0.4) is 0 Å². The van der Waals surface area contributed by atoms with Gasteiger partial charge in [-0.2, -0.15) is 21.4 Å². The first-order valence-corrected chi connectivity index (χ1v) is 22.5. The summed E-state index contributed by atoms with van der Waals surface area (Å²) in [7, 11) is -8.03. The highest BCUT2D eigenvalue weighted by molar-refractivity contribution is 7.86. The molecule has 0 bridgehead atoms. The lowest BCUT2D eigenvalue weighted by atomic mass is 9.81. The fourth-order valence-electron chi connectivity index (χ4n) is 7.43. The molecule has 9 nitrogen and oxygen atoms in total. The van der Waals surface area contributed by atoms with E-state index in [4.69, 9.17) is 21.1 Å². The van der Waals surface area contributed by atoms with Crippen molar-refractivity contribution >= 4 is 54.6 Å². The van der Waals surface area contributed by atoms with Crippen molar-refractivity contribution in [3.8, 4) is 0 Å². The smallest absolute Gasteiger partial charge is 0.264 e. The predicted molar refractivity (Wildman–Crippen MR) is 225 cm³/mol. The van der Waals surface area contributed by atoms with E-state index >= 15 is 0 Å². The van der Waals surface area contributed by atoms with Crippen LogP contribution in [0.15, 0.2) is 119 Å². The van der Waals surface area contributed by atoms with Gasteiger partial charge in [-0.1, -0.05) is 106 Å². The quantitative estimate of drug-likeness (QED) is 0.0707. The van der Waals surface area contributed by atoms with Gasteiger partial charge in [-0.05, 0) is 68.4 Å². The zero-order valence-corrected chi connectivity index (χ0v) is 34.8. The van der Waals surface area contributed by atoms with Gasteiger partial charge in [0.1, 0.15) is 12.4 Å². The molecule has 12 heteroatoms. The van der Waals surface area contributed by atoms with Gasteiger partial charge in [0.2, 0.25) is 5.69 Å².